The van der Waals surface area contributed by atoms with E-state index < -0.39 is 0 Å². The van der Waals surface area contributed by atoms with Crippen molar-refractivity contribution in [2.24, 2.45) is 0 Å². The molecule has 0 aliphatic carbocycles. The fourth-order valence-electron chi connectivity index (χ4n) is 1.65. The Morgan fingerprint density at radius 1 is 1.27 bits per heavy atom. The molecule has 0 aliphatic heterocycles. The topological polar surface area (TPSA) is 23.5 Å². The Bertz CT molecular complexity index is 310. The van der Waals surface area contributed by atoms with Crippen molar-refractivity contribution in [1.29, 1.82) is 0 Å². The van der Waals surface area contributed by atoms with Crippen LogP contribution in [0.15, 0.2) is 18.2 Å². The van der Waals surface area contributed by atoms with E-state index in [1.165, 1.54) is 0 Å². The number of aromatic hydroxyl groups is 1. The number of aryl methyl sites for hydroxylation is 1. The number of benzene rings is 1. The summed E-state index contributed by atoms with van der Waals surface area (Å²) < 4.78 is 0. The van der Waals surface area contributed by atoms with E-state index in [1.54, 1.807) is 0 Å². The summed E-state index contributed by atoms with van der Waals surface area (Å²) >= 11 is 3.37. The molecule has 0 saturated carbocycles. The Morgan fingerprint density at radius 3 is 2.40 bits per heavy atom. The molecule has 0 spiro atoms. The molecule has 0 aliphatic rings. The Hall–Kier alpha value is -0.700. The van der Waals surface area contributed by atoms with Crippen LogP contribution in [0.1, 0.15) is 19.4 Å². The molecule has 3 heteroatoms. The van der Waals surface area contributed by atoms with Crippen molar-refractivity contribution in [2.45, 2.75) is 20.3 Å². The first kappa shape index (κ1) is 12.4. The van der Waals surface area contributed by atoms with Crippen LogP contribution in [0.3, 0.4) is 0 Å². The molecule has 0 saturated heterocycles. The summed E-state index contributed by atoms with van der Waals surface area (Å²) in [5, 5.41) is 10.7. The van der Waals surface area contributed by atoms with Crippen LogP contribution in [0.5, 0.6) is 5.75 Å². The molecule has 1 aromatic rings. The monoisotopic (exact) mass is 271 g/mol. The van der Waals surface area contributed by atoms with E-state index >= 15 is 0 Å². The number of anilines is 1. The summed E-state index contributed by atoms with van der Waals surface area (Å²) in [5.41, 5.74) is 2.10. The molecule has 1 N–H and O–H groups in total. The van der Waals surface area contributed by atoms with Gasteiger partial charge in [-0.1, -0.05) is 22.0 Å². The zero-order chi connectivity index (χ0) is 11.3. The van der Waals surface area contributed by atoms with Crippen molar-refractivity contribution in [3.05, 3.63) is 23.8 Å². The first-order chi connectivity index (χ1) is 7.22. The minimum absolute atomic E-state index is 0.402. The molecule has 0 radical (unpaired) electrons. The van der Waals surface area contributed by atoms with Crippen molar-refractivity contribution in [2.75, 3.05) is 23.3 Å². The van der Waals surface area contributed by atoms with Crippen LogP contribution in [0.25, 0.3) is 0 Å². The lowest BCUT2D eigenvalue weighted by Gasteiger charge is -2.21. The van der Waals surface area contributed by atoms with Gasteiger partial charge in [0.05, 0.1) is 0 Å². The second kappa shape index (κ2) is 6.01. The van der Waals surface area contributed by atoms with E-state index in [-0.39, 0.29) is 0 Å². The molecule has 0 atom stereocenters. The predicted octanol–water partition coefficient (Wildman–Crippen LogP) is 3.18. The largest absolute Gasteiger partial charge is 0.508 e. The molecule has 84 valence electrons. The molecule has 0 fully saturated rings. The van der Waals surface area contributed by atoms with Gasteiger partial charge in [-0.05, 0) is 31.9 Å². The van der Waals surface area contributed by atoms with Crippen LogP contribution in [0.2, 0.25) is 0 Å². The van der Waals surface area contributed by atoms with Crippen molar-refractivity contribution < 1.29 is 5.11 Å². The van der Waals surface area contributed by atoms with Crippen LogP contribution < -0.4 is 4.90 Å². The lowest BCUT2D eigenvalue weighted by molar-refractivity contribution is 0.469. The number of phenols is 1. The number of phenolic OH excluding ortho intramolecular Hbond substituents is 1. The van der Waals surface area contributed by atoms with E-state index in [4.69, 9.17) is 0 Å². The van der Waals surface area contributed by atoms with Crippen molar-refractivity contribution in [1.82, 2.24) is 0 Å². The van der Waals surface area contributed by atoms with E-state index in [0.29, 0.717) is 5.75 Å². The van der Waals surface area contributed by atoms with Gasteiger partial charge in [-0.15, -0.1) is 0 Å². The molecule has 0 bridgehead atoms. The summed E-state index contributed by atoms with van der Waals surface area (Å²) in [4.78, 5) is 2.22. The summed E-state index contributed by atoms with van der Waals surface area (Å²) in [6.45, 7) is 6.17. The van der Waals surface area contributed by atoms with Gasteiger partial charge in [-0.3, -0.25) is 0 Å². The fraction of sp³-hybridized carbons (Fsp3) is 0.500. The Kier molecular flexibility index (Phi) is 4.95. The molecule has 0 aromatic heterocycles. The standard InChI is InChI=1S/C12H18BrNO/c1-3-14(4-2)11-6-5-10(7-8-13)12(15)9-11/h5-6,9,15H,3-4,7-8H2,1-2H3. The van der Waals surface area contributed by atoms with E-state index in [9.17, 15) is 5.11 Å². The second-order valence-electron chi connectivity index (χ2n) is 3.42. The summed E-state index contributed by atoms with van der Waals surface area (Å²) in [7, 11) is 0. The summed E-state index contributed by atoms with van der Waals surface area (Å²) in [6.07, 6.45) is 0.865. The average molecular weight is 272 g/mol. The minimum atomic E-state index is 0.402. The fourth-order valence-corrected chi connectivity index (χ4v) is 2.08. The third-order valence-electron chi connectivity index (χ3n) is 2.56. The van der Waals surface area contributed by atoms with Crippen LogP contribution >= 0.6 is 15.9 Å². The molecule has 0 heterocycles. The number of rotatable bonds is 5. The lowest BCUT2D eigenvalue weighted by atomic mass is 10.1. The minimum Gasteiger partial charge on any atom is -0.508 e. The third-order valence-corrected chi connectivity index (χ3v) is 2.96. The third kappa shape index (κ3) is 3.13. The van der Waals surface area contributed by atoms with Gasteiger partial charge in [0.15, 0.2) is 0 Å². The highest BCUT2D eigenvalue weighted by atomic mass is 79.9. The number of hydrogen-bond donors (Lipinski definition) is 1. The first-order valence-electron chi connectivity index (χ1n) is 5.35. The van der Waals surface area contributed by atoms with Gasteiger partial charge in [-0.25, -0.2) is 0 Å². The Labute approximate surface area is 100 Å². The zero-order valence-electron chi connectivity index (χ0n) is 9.33. The van der Waals surface area contributed by atoms with Crippen LogP contribution in [-0.4, -0.2) is 23.5 Å². The molecule has 1 aromatic carbocycles. The molecular weight excluding hydrogens is 254 g/mol. The lowest BCUT2D eigenvalue weighted by Crippen LogP contribution is -2.21. The molecule has 0 unspecified atom stereocenters. The van der Waals surface area contributed by atoms with Crippen LogP contribution in [-0.2, 0) is 6.42 Å². The maximum Gasteiger partial charge on any atom is 0.120 e. The van der Waals surface area contributed by atoms with Crippen molar-refractivity contribution in [3.8, 4) is 5.75 Å². The maximum atomic E-state index is 9.81. The number of hydrogen-bond acceptors (Lipinski definition) is 2. The molecule has 2 nitrogen and oxygen atoms in total. The van der Waals surface area contributed by atoms with E-state index in [2.05, 4.69) is 40.7 Å². The first-order valence-corrected chi connectivity index (χ1v) is 6.47. The molecule has 0 amide bonds. The van der Waals surface area contributed by atoms with Crippen molar-refractivity contribution >= 4 is 21.6 Å². The Morgan fingerprint density at radius 2 is 1.93 bits per heavy atom. The van der Waals surface area contributed by atoms with E-state index in [1.807, 2.05) is 12.1 Å². The maximum absolute atomic E-state index is 9.81. The quantitative estimate of drug-likeness (QED) is 0.832. The van der Waals surface area contributed by atoms with Crippen LogP contribution in [0, 0.1) is 0 Å². The van der Waals surface area contributed by atoms with Gasteiger partial charge >= 0.3 is 0 Å². The van der Waals surface area contributed by atoms with Crippen LogP contribution in [0.4, 0.5) is 5.69 Å². The number of alkyl halides is 1. The normalized spacial score (nSPS) is 10.3. The van der Waals surface area contributed by atoms with Gasteiger partial charge in [0.25, 0.3) is 0 Å². The zero-order valence-corrected chi connectivity index (χ0v) is 10.9. The van der Waals surface area contributed by atoms with Gasteiger partial charge < -0.3 is 10.0 Å². The molecule has 1 rings (SSSR count). The van der Waals surface area contributed by atoms with Gasteiger partial charge in [0, 0.05) is 30.2 Å². The highest BCUT2D eigenvalue weighted by molar-refractivity contribution is 9.09. The second-order valence-corrected chi connectivity index (χ2v) is 4.22. The SMILES string of the molecule is CCN(CC)c1ccc(CCBr)c(O)c1. The van der Waals surface area contributed by atoms with E-state index in [0.717, 1.165) is 36.1 Å². The molecule has 15 heavy (non-hydrogen) atoms. The summed E-state index contributed by atoms with van der Waals surface area (Å²) in [6, 6.07) is 5.93. The number of halogens is 1. The smallest absolute Gasteiger partial charge is 0.120 e. The highest BCUT2D eigenvalue weighted by Gasteiger charge is 2.05. The van der Waals surface area contributed by atoms with Crippen molar-refractivity contribution in [3.63, 3.8) is 0 Å². The highest BCUT2D eigenvalue weighted by Crippen LogP contribution is 2.25. The van der Waals surface area contributed by atoms with Gasteiger partial charge in [-0.2, -0.15) is 0 Å². The number of nitrogens with zero attached hydrogens (tertiary/aromatic N) is 1. The van der Waals surface area contributed by atoms with Gasteiger partial charge in [0.1, 0.15) is 5.75 Å². The average Bonchev–Trinajstić information content (AvgIpc) is 2.24. The Balaban J connectivity index is 2.89. The predicted molar refractivity (Wildman–Crippen MR) is 69.2 cm³/mol. The van der Waals surface area contributed by atoms with Gasteiger partial charge in [0.2, 0.25) is 0 Å². The molecular formula is C12H18BrNO. The summed E-state index contributed by atoms with van der Waals surface area (Å²) in [5.74, 6) is 0.402.